The van der Waals surface area contributed by atoms with Crippen molar-refractivity contribution in [2.45, 2.75) is 0 Å². The van der Waals surface area contributed by atoms with E-state index in [2.05, 4.69) is 33.0 Å². The van der Waals surface area contributed by atoms with Gasteiger partial charge in [-0.05, 0) is 18.2 Å². The average molecular weight is 203 g/mol. The minimum atomic E-state index is 0.798. The Hall–Kier alpha value is -1.55. The first-order valence-corrected chi connectivity index (χ1v) is 5.20. The molecular formula is C11H13N3O. The highest BCUT2D eigenvalue weighted by atomic mass is 16.5. The SMILES string of the molecule is c1cnc2c(c1)ccn2N1CCOCC1. The number of ether oxygens (including phenoxy) is 1. The molecule has 1 aliphatic rings. The molecule has 0 amide bonds. The van der Waals surface area contributed by atoms with E-state index in [1.165, 1.54) is 5.39 Å². The number of fused-ring (bicyclic) bond motifs is 1. The summed E-state index contributed by atoms with van der Waals surface area (Å²) in [7, 11) is 0. The van der Waals surface area contributed by atoms with Gasteiger partial charge >= 0.3 is 0 Å². The van der Waals surface area contributed by atoms with Gasteiger partial charge in [-0.15, -0.1) is 0 Å². The second kappa shape index (κ2) is 3.55. The van der Waals surface area contributed by atoms with Gasteiger partial charge in [-0.1, -0.05) is 0 Å². The van der Waals surface area contributed by atoms with E-state index < -0.39 is 0 Å². The fourth-order valence-electron chi connectivity index (χ4n) is 1.95. The predicted octanol–water partition coefficient (Wildman–Crippen LogP) is 1.00. The molecule has 0 N–H and O–H groups in total. The summed E-state index contributed by atoms with van der Waals surface area (Å²) in [5.74, 6) is 0. The van der Waals surface area contributed by atoms with Gasteiger partial charge in [0.25, 0.3) is 0 Å². The Morgan fingerprint density at radius 2 is 2.07 bits per heavy atom. The van der Waals surface area contributed by atoms with E-state index in [-0.39, 0.29) is 0 Å². The van der Waals surface area contributed by atoms with E-state index in [0.29, 0.717) is 0 Å². The molecule has 1 aliphatic heterocycles. The third kappa shape index (κ3) is 1.47. The number of morpholine rings is 1. The largest absolute Gasteiger partial charge is 0.378 e. The van der Waals surface area contributed by atoms with E-state index in [0.717, 1.165) is 32.0 Å². The van der Waals surface area contributed by atoms with Crippen molar-refractivity contribution in [1.82, 2.24) is 9.66 Å². The van der Waals surface area contributed by atoms with Crippen LogP contribution in [0.15, 0.2) is 30.6 Å². The Kier molecular flexibility index (Phi) is 2.07. The fourth-order valence-corrected chi connectivity index (χ4v) is 1.95. The van der Waals surface area contributed by atoms with Crippen molar-refractivity contribution in [2.75, 3.05) is 31.3 Å². The molecule has 1 saturated heterocycles. The van der Waals surface area contributed by atoms with Crippen LogP contribution in [0.2, 0.25) is 0 Å². The first kappa shape index (κ1) is 8.73. The van der Waals surface area contributed by atoms with Crippen LogP contribution in [0.5, 0.6) is 0 Å². The minimum absolute atomic E-state index is 0.798. The summed E-state index contributed by atoms with van der Waals surface area (Å²) in [4.78, 5) is 4.40. The van der Waals surface area contributed by atoms with Crippen LogP contribution in [-0.4, -0.2) is 36.0 Å². The summed E-state index contributed by atoms with van der Waals surface area (Å²) >= 11 is 0. The van der Waals surface area contributed by atoms with E-state index >= 15 is 0 Å². The predicted molar refractivity (Wildman–Crippen MR) is 58.5 cm³/mol. The summed E-state index contributed by atoms with van der Waals surface area (Å²) in [5.41, 5.74) is 1.03. The van der Waals surface area contributed by atoms with Crippen LogP contribution in [0.3, 0.4) is 0 Å². The highest BCUT2D eigenvalue weighted by Gasteiger charge is 2.12. The van der Waals surface area contributed by atoms with Crippen molar-refractivity contribution >= 4 is 11.0 Å². The minimum Gasteiger partial charge on any atom is -0.378 e. The lowest BCUT2D eigenvalue weighted by atomic mass is 10.3. The van der Waals surface area contributed by atoms with Crippen LogP contribution in [-0.2, 0) is 4.74 Å². The normalized spacial score (nSPS) is 17.2. The number of hydrogen-bond acceptors (Lipinski definition) is 3. The van der Waals surface area contributed by atoms with E-state index in [1.54, 1.807) is 0 Å². The molecule has 0 aromatic carbocycles. The third-order valence-electron chi connectivity index (χ3n) is 2.72. The van der Waals surface area contributed by atoms with Gasteiger partial charge in [0.1, 0.15) is 0 Å². The standard InChI is InChI=1S/C11H13N3O/c1-2-10-3-5-14(11(10)12-4-1)13-6-8-15-9-7-13/h1-5H,6-9H2. The molecule has 0 bridgehead atoms. The zero-order valence-electron chi connectivity index (χ0n) is 8.47. The maximum absolute atomic E-state index is 5.33. The summed E-state index contributed by atoms with van der Waals surface area (Å²) < 4.78 is 7.46. The van der Waals surface area contributed by atoms with Crippen LogP contribution < -0.4 is 5.01 Å². The number of rotatable bonds is 1. The molecule has 2 aromatic rings. The average Bonchev–Trinajstić information content (AvgIpc) is 2.74. The van der Waals surface area contributed by atoms with Crippen molar-refractivity contribution in [3.8, 4) is 0 Å². The van der Waals surface area contributed by atoms with Gasteiger partial charge in [-0.25, -0.2) is 9.66 Å². The first-order chi connectivity index (χ1) is 7.45. The van der Waals surface area contributed by atoms with Gasteiger partial charge in [-0.3, -0.25) is 0 Å². The van der Waals surface area contributed by atoms with Crippen molar-refractivity contribution in [3.05, 3.63) is 30.6 Å². The van der Waals surface area contributed by atoms with Gasteiger partial charge in [-0.2, -0.15) is 0 Å². The third-order valence-corrected chi connectivity index (χ3v) is 2.72. The van der Waals surface area contributed by atoms with Crippen molar-refractivity contribution < 1.29 is 4.74 Å². The van der Waals surface area contributed by atoms with Gasteiger partial charge in [0.2, 0.25) is 0 Å². The molecule has 0 aliphatic carbocycles. The van der Waals surface area contributed by atoms with Crippen molar-refractivity contribution in [2.24, 2.45) is 0 Å². The van der Waals surface area contributed by atoms with Gasteiger partial charge in [0, 0.05) is 17.8 Å². The molecule has 78 valence electrons. The summed E-state index contributed by atoms with van der Waals surface area (Å²) in [6.07, 6.45) is 3.91. The maximum Gasteiger partial charge on any atom is 0.158 e. The topological polar surface area (TPSA) is 30.3 Å². The molecule has 1 fully saturated rings. The fraction of sp³-hybridized carbons (Fsp3) is 0.364. The van der Waals surface area contributed by atoms with Crippen molar-refractivity contribution in [3.63, 3.8) is 0 Å². The summed E-state index contributed by atoms with van der Waals surface area (Å²) in [6.45, 7) is 3.46. The molecule has 3 rings (SSSR count). The monoisotopic (exact) mass is 203 g/mol. The lowest BCUT2D eigenvalue weighted by molar-refractivity contribution is 0.112. The molecule has 15 heavy (non-hydrogen) atoms. The molecular weight excluding hydrogens is 190 g/mol. The van der Waals surface area contributed by atoms with E-state index in [9.17, 15) is 0 Å². The lowest BCUT2D eigenvalue weighted by Gasteiger charge is -2.29. The lowest BCUT2D eigenvalue weighted by Crippen LogP contribution is -2.43. The van der Waals surface area contributed by atoms with Crippen LogP contribution in [0.1, 0.15) is 0 Å². The second-order valence-corrected chi connectivity index (χ2v) is 3.64. The molecule has 4 heteroatoms. The van der Waals surface area contributed by atoms with E-state index in [1.807, 2.05) is 12.3 Å². The molecule has 0 unspecified atom stereocenters. The van der Waals surface area contributed by atoms with Crippen LogP contribution >= 0.6 is 0 Å². The summed E-state index contributed by atoms with van der Waals surface area (Å²) in [5, 5.41) is 3.45. The smallest absolute Gasteiger partial charge is 0.158 e. The van der Waals surface area contributed by atoms with Gasteiger partial charge in [0.15, 0.2) is 5.65 Å². The molecule has 0 saturated carbocycles. The zero-order chi connectivity index (χ0) is 10.1. The molecule has 2 aromatic heterocycles. The number of hydrogen-bond donors (Lipinski definition) is 0. The Morgan fingerprint density at radius 3 is 2.93 bits per heavy atom. The summed E-state index contributed by atoms with van der Waals surface area (Å²) in [6, 6.07) is 6.14. The Bertz CT molecular complexity index is 460. The number of aromatic nitrogens is 2. The molecule has 3 heterocycles. The van der Waals surface area contributed by atoms with E-state index in [4.69, 9.17) is 4.74 Å². The Labute approximate surface area is 88.0 Å². The molecule has 0 radical (unpaired) electrons. The van der Waals surface area contributed by atoms with Gasteiger partial charge < -0.3 is 9.75 Å². The maximum atomic E-state index is 5.33. The highest BCUT2D eigenvalue weighted by Crippen LogP contribution is 2.13. The van der Waals surface area contributed by atoms with Crippen molar-refractivity contribution in [1.29, 1.82) is 0 Å². The van der Waals surface area contributed by atoms with Gasteiger partial charge in [0.05, 0.1) is 26.3 Å². The van der Waals surface area contributed by atoms with Crippen LogP contribution in [0.25, 0.3) is 11.0 Å². The molecule has 0 spiro atoms. The van der Waals surface area contributed by atoms with Crippen LogP contribution in [0.4, 0.5) is 0 Å². The molecule has 4 nitrogen and oxygen atoms in total. The molecule has 0 atom stereocenters. The number of pyridine rings is 1. The highest BCUT2D eigenvalue weighted by molar-refractivity contribution is 5.76. The second-order valence-electron chi connectivity index (χ2n) is 3.64. The zero-order valence-corrected chi connectivity index (χ0v) is 8.47. The Balaban J connectivity index is 2.02. The number of nitrogens with zero attached hydrogens (tertiary/aromatic N) is 3. The quantitative estimate of drug-likeness (QED) is 0.692. The first-order valence-electron chi connectivity index (χ1n) is 5.20. The Morgan fingerprint density at radius 1 is 1.20 bits per heavy atom. The van der Waals surface area contributed by atoms with Crippen LogP contribution in [0, 0.1) is 0 Å².